The molecule has 7 heteroatoms. The van der Waals surface area contributed by atoms with Gasteiger partial charge in [-0.25, -0.2) is 4.98 Å². The van der Waals surface area contributed by atoms with Crippen LogP contribution in [0.4, 0.5) is 0 Å². The molecule has 0 saturated heterocycles. The lowest BCUT2D eigenvalue weighted by molar-refractivity contribution is 0.510. The van der Waals surface area contributed by atoms with Crippen LogP contribution in [0.25, 0.3) is 0 Å². The molecule has 0 aliphatic heterocycles. The summed E-state index contributed by atoms with van der Waals surface area (Å²) < 4.78 is 2.71. The Labute approximate surface area is 125 Å². The van der Waals surface area contributed by atoms with Gasteiger partial charge >= 0.3 is 0 Å². The van der Waals surface area contributed by atoms with Crippen molar-refractivity contribution in [2.45, 2.75) is 25.9 Å². The van der Waals surface area contributed by atoms with Crippen LogP contribution in [0.2, 0.25) is 5.02 Å². The molecule has 1 aromatic heterocycles. The van der Waals surface area contributed by atoms with Crippen LogP contribution in [0, 0.1) is 0 Å². The Morgan fingerprint density at radius 2 is 2.32 bits per heavy atom. The summed E-state index contributed by atoms with van der Waals surface area (Å²) >= 11 is 9.41. The number of aryl methyl sites for hydroxylation is 1. The van der Waals surface area contributed by atoms with Gasteiger partial charge in [-0.05, 0) is 40.5 Å². The van der Waals surface area contributed by atoms with Crippen molar-refractivity contribution < 1.29 is 0 Å². The Bertz CT molecular complexity index is 557. The molecule has 1 atom stereocenters. The summed E-state index contributed by atoms with van der Waals surface area (Å²) in [6, 6.07) is 5.71. The molecule has 0 aliphatic rings. The van der Waals surface area contributed by atoms with E-state index < -0.39 is 0 Å². The standard InChI is InChI=1S/C12H15BrClN5/c1-2-19-12(16-7-17-19)6-11(18-15)8-3-4-10(14)9(13)5-8/h3-5,7,11,18H,2,6,15H2,1H3. The van der Waals surface area contributed by atoms with Crippen molar-refractivity contribution in [3.63, 3.8) is 0 Å². The maximum atomic E-state index is 5.99. The number of rotatable bonds is 5. The average Bonchev–Trinajstić information content (AvgIpc) is 2.86. The zero-order chi connectivity index (χ0) is 13.8. The first-order valence-electron chi connectivity index (χ1n) is 5.93. The van der Waals surface area contributed by atoms with Gasteiger partial charge < -0.3 is 0 Å². The Morgan fingerprint density at radius 3 is 2.95 bits per heavy atom. The molecule has 0 amide bonds. The Morgan fingerprint density at radius 1 is 1.53 bits per heavy atom. The first-order valence-corrected chi connectivity index (χ1v) is 7.10. The van der Waals surface area contributed by atoms with Crippen molar-refractivity contribution in [1.82, 2.24) is 20.2 Å². The van der Waals surface area contributed by atoms with Crippen LogP contribution in [0.3, 0.4) is 0 Å². The molecule has 0 radical (unpaired) electrons. The molecule has 102 valence electrons. The minimum atomic E-state index is -0.0388. The van der Waals surface area contributed by atoms with Crippen molar-refractivity contribution in [2.24, 2.45) is 5.84 Å². The number of hydrazine groups is 1. The fraction of sp³-hybridized carbons (Fsp3) is 0.333. The van der Waals surface area contributed by atoms with E-state index in [2.05, 4.69) is 31.4 Å². The maximum absolute atomic E-state index is 5.99. The summed E-state index contributed by atoms with van der Waals surface area (Å²) in [5.74, 6) is 6.54. The van der Waals surface area contributed by atoms with Crippen LogP contribution in [-0.4, -0.2) is 14.8 Å². The number of nitrogens with zero attached hydrogens (tertiary/aromatic N) is 3. The van der Waals surface area contributed by atoms with Crippen LogP contribution in [0.1, 0.15) is 24.4 Å². The lowest BCUT2D eigenvalue weighted by atomic mass is 10.0. The van der Waals surface area contributed by atoms with E-state index in [1.54, 1.807) is 6.33 Å². The van der Waals surface area contributed by atoms with E-state index in [1.807, 2.05) is 29.8 Å². The van der Waals surface area contributed by atoms with E-state index in [0.29, 0.717) is 11.4 Å². The second kappa shape index (κ2) is 6.47. The van der Waals surface area contributed by atoms with Crippen molar-refractivity contribution in [2.75, 3.05) is 0 Å². The van der Waals surface area contributed by atoms with Crippen LogP contribution >= 0.6 is 27.5 Å². The SMILES string of the molecule is CCn1ncnc1CC(NN)c1ccc(Cl)c(Br)c1. The quantitative estimate of drug-likeness (QED) is 0.646. The third kappa shape index (κ3) is 3.33. The predicted molar refractivity (Wildman–Crippen MR) is 78.6 cm³/mol. The lowest BCUT2D eigenvalue weighted by Gasteiger charge is -2.16. The number of aromatic nitrogens is 3. The van der Waals surface area contributed by atoms with Gasteiger partial charge in [0.25, 0.3) is 0 Å². The highest BCUT2D eigenvalue weighted by Gasteiger charge is 2.15. The molecule has 1 aromatic carbocycles. The van der Waals surface area contributed by atoms with Crippen LogP contribution < -0.4 is 11.3 Å². The first-order chi connectivity index (χ1) is 9.15. The van der Waals surface area contributed by atoms with Crippen molar-refractivity contribution in [3.8, 4) is 0 Å². The molecule has 0 saturated carbocycles. The minimum Gasteiger partial charge on any atom is -0.271 e. The summed E-state index contributed by atoms with van der Waals surface area (Å²) in [6.45, 7) is 2.82. The second-order valence-electron chi connectivity index (χ2n) is 4.09. The summed E-state index contributed by atoms with van der Waals surface area (Å²) in [5, 5.41) is 4.83. The summed E-state index contributed by atoms with van der Waals surface area (Å²) in [5.41, 5.74) is 3.86. The number of hydrogen-bond acceptors (Lipinski definition) is 4. The van der Waals surface area contributed by atoms with Crippen LogP contribution in [0.5, 0.6) is 0 Å². The lowest BCUT2D eigenvalue weighted by Crippen LogP contribution is -2.30. The van der Waals surface area contributed by atoms with E-state index in [9.17, 15) is 0 Å². The highest BCUT2D eigenvalue weighted by molar-refractivity contribution is 9.10. The van der Waals surface area contributed by atoms with Gasteiger partial charge in [-0.1, -0.05) is 17.7 Å². The van der Waals surface area contributed by atoms with E-state index in [4.69, 9.17) is 17.4 Å². The topological polar surface area (TPSA) is 68.8 Å². The van der Waals surface area contributed by atoms with E-state index in [0.717, 1.165) is 22.4 Å². The van der Waals surface area contributed by atoms with E-state index >= 15 is 0 Å². The molecule has 1 unspecified atom stereocenters. The normalized spacial score (nSPS) is 12.6. The van der Waals surface area contributed by atoms with Gasteiger partial charge in [-0.2, -0.15) is 5.10 Å². The van der Waals surface area contributed by atoms with Crippen LogP contribution in [0.15, 0.2) is 29.0 Å². The van der Waals surface area contributed by atoms with Gasteiger partial charge in [0.15, 0.2) is 0 Å². The van der Waals surface area contributed by atoms with Crippen LogP contribution in [-0.2, 0) is 13.0 Å². The molecule has 19 heavy (non-hydrogen) atoms. The summed E-state index contributed by atoms with van der Waals surface area (Å²) in [4.78, 5) is 4.26. The van der Waals surface area contributed by atoms with Crippen molar-refractivity contribution >= 4 is 27.5 Å². The monoisotopic (exact) mass is 343 g/mol. The Balaban J connectivity index is 2.22. The molecule has 0 fully saturated rings. The summed E-state index contributed by atoms with van der Waals surface area (Å²) in [6.07, 6.45) is 2.22. The van der Waals surface area contributed by atoms with E-state index in [1.165, 1.54) is 0 Å². The van der Waals surface area contributed by atoms with Gasteiger partial charge in [0.05, 0.1) is 11.1 Å². The fourth-order valence-electron chi connectivity index (χ4n) is 1.90. The average molecular weight is 345 g/mol. The minimum absolute atomic E-state index is 0.0388. The van der Waals surface area contributed by atoms with Gasteiger partial charge in [-0.15, -0.1) is 0 Å². The number of benzene rings is 1. The number of hydrogen-bond donors (Lipinski definition) is 2. The molecule has 0 aliphatic carbocycles. The van der Waals surface area contributed by atoms with Gasteiger partial charge in [0.1, 0.15) is 12.2 Å². The molecular weight excluding hydrogens is 330 g/mol. The molecular formula is C12H15BrClN5. The first kappa shape index (κ1) is 14.5. The zero-order valence-electron chi connectivity index (χ0n) is 10.5. The molecule has 5 nitrogen and oxygen atoms in total. The number of nitrogens with two attached hydrogens (primary N) is 1. The van der Waals surface area contributed by atoms with Gasteiger partial charge in [-0.3, -0.25) is 16.0 Å². The third-order valence-electron chi connectivity index (χ3n) is 2.93. The second-order valence-corrected chi connectivity index (χ2v) is 5.35. The van der Waals surface area contributed by atoms with E-state index in [-0.39, 0.29) is 6.04 Å². The molecule has 3 N–H and O–H groups in total. The van der Waals surface area contributed by atoms with Crippen molar-refractivity contribution in [3.05, 3.63) is 45.4 Å². The molecule has 1 heterocycles. The fourth-order valence-corrected chi connectivity index (χ4v) is 2.41. The number of nitrogens with one attached hydrogen (secondary N) is 1. The molecule has 2 rings (SSSR count). The maximum Gasteiger partial charge on any atom is 0.138 e. The number of halogens is 2. The Kier molecular flexibility index (Phi) is 4.93. The van der Waals surface area contributed by atoms with Gasteiger partial charge in [0, 0.05) is 17.4 Å². The molecule has 0 bridgehead atoms. The smallest absolute Gasteiger partial charge is 0.138 e. The third-order valence-corrected chi connectivity index (χ3v) is 4.14. The van der Waals surface area contributed by atoms with Crippen molar-refractivity contribution in [1.29, 1.82) is 0 Å². The highest BCUT2D eigenvalue weighted by atomic mass is 79.9. The predicted octanol–water partition coefficient (Wildman–Crippen LogP) is 2.46. The molecule has 0 spiro atoms. The largest absolute Gasteiger partial charge is 0.271 e. The Hall–Kier alpha value is -0.950. The molecule has 2 aromatic rings. The van der Waals surface area contributed by atoms with Gasteiger partial charge in [0.2, 0.25) is 0 Å². The summed E-state index contributed by atoms with van der Waals surface area (Å²) in [7, 11) is 0. The zero-order valence-corrected chi connectivity index (χ0v) is 12.8. The highest BCUT2D eigenvalue weighted by Crippen LogP contribution is 2.27.